The average molecular weight is 394 g/mol. The average Bonchev–Trinajstić information content (AvgIpc) is 2.68. The van der Waals surface area contributed by atoms with E-state index >= 15 is 0 Å². The molecule has 1 aromatic carbocycles. The topological polar surface area (TPSA) is 69.2 Å². The molecule has 2 aromatic heterocycles. The molecular formula is C18H14F4N4O2. The molecule has 0 atom stereocenters. The van der Waals surface area contributed by atoms with Crippen LogP contribution in [-0.4, -0.2) is 29.2 Å². The van der Waals surface area contributed by atoms with Gasteiger partial charge in [0, 0.05) is 11.8 Å². The minimum absolute atomic E-state index is 0.122. The highest BCUT2D eigenvalue weighted by Gasteiger charge is 2.34. The molecule has 1 N–H and O–H groups in total. The van der Waals surface area contributed by atoms with E-state index in [2.05, 4.69) is 20.3 Å². The number of nitrogens with zero attached hydrogens (tertiary/aromatic N) is 3. The molecule has 6 nitrogen and oxygen atoms in total. The monoisotopic (exact) mass is 394 g/mol. The van der Waals surface area contributed by atoms with E-state index in [4.69, 9.17) is 9.47 Å². The lowest BCUT2D eigenvalue weighted by atomic mass is 10.1. The Balaban J connectivity index is 2.00. The number of benzene rings is 1. The normalized spacial score (nSPS) is 11.2. The molecule has 10 heteroatoms. The summed E-state index contributed by atoms with van der Waals surface area (Å²) < 4.78 is 63.9. The lowest BCUT2D eigenvalue weighted by Gasteiger charge is -2.13. The summed E-state index contributed by atoms with van der Waals surface area (Å²) >= 11 is 0. The third-order valence-electron chi connectivity index (χ3n) is 3.74. The number of nitrogens with one attached hydrogen (secondary N) is 1. The predicted molar refractivity (Wildman–Crippen MR) is 93.1 cm³/mol. The smallest absolute Gasteiger partial charge is 0.419 e. The Kier molecular flexibility index (Phi) is 5.30. The van der Waals surface area contributed by atoms with E-state index in [0.717, 1.165) is 18.3 Å². The summed E-state index contributed by atoms with van der Waals surface area (Å²) in [7, 11) is 2.88. The van der Waals surface area contributed by atoms with Crippen molar-refractivity contribution in [3.8, 4) is 22.8 Å². The van der Waals surface area contributed by atoms with Gasteiger partial charge in [0.25, 0.3) is 0 Å². The maximum absolute atomic E-state index is 14.3. The Morgan fingerprint density at radius 2 is 1.75 bits per heavy atom. The second-order valence-electron chi connectivity index (χ2n) is 5.48. The third kappa shape index (κ3) is 3.95. The minimum atomic E-state index is -4.62. The molecule has 0 unspecified atom stereocenters. The van der Waals surface area contributed by atoms with E-state index in [-0.39, 0.29) is 11.6 Å². The molecular weight excluding hydrogens is 380 g/mol. The van der Waals surface area contributed by atoms with Gasteiger partial charge in [0.05, 0.1) is 26.0 Å². The summed E-state index contributed by atoms with van der Waals surface area (Å²) in [6.45, 7) is 0. The van der Waals surface area contributed by atoms with Crippen molar-refractivity contribution < 1.29 is 27.0 Å². The van der Waals surface area contributed by atoms with Crippen molar-refractivity contribution in [3.63, 3.8) is 0 Å². The van der Waals surface area contributed by atoms with E-state index in [9.17, 15) is 17.6 Å². The van der Waals surface area contributed by atoms with Gasteiger partial charge in [-0.05, 0) is 30.3 Å². The summed E-state index contributed by atoms with van der Waals surface area (Å²) in [5.41, 5.74) is -0.781. The number of anilines is 2. The maximum atomic E-state index is 14.3. The summed E-state index contributed by atoms with van der Waals surface area (Å²) in [6, 6.07) is 6.63. The van der Waals surface area contributed by atoms with Crippen molar-refractivity contribution >= 4 is 11.8 Å². The van der Waals surface area contributed by atoms with Gasteiger partial charge in [0.1, 0.15) is 11.5 Å². The van der Waals surface area contributed by atoms with Gasteiger partial charge < -0.3 is 14.8 Å². The molecule has 0 aliphatic rings. The molecule has 0 aliphatic heterocycles. The second-order valence-corrected chi connectivity index (χ2v) is 5.48. The molecule has 0 amide bonds. The highest BCUT2D eigenvalue weighted by Crippen LogP contribution is 2.35. The Hall–Kier alpha value is -3.43. The zero-order valence-corrected chi connectivity index (χ0v) is 14.7. The van der Waals surface area contributed by atoms with Crippen LogP contribution in [0.4, 0.5) is 29.3 Å². The first kappa shape index (κ1) is 19.3. The first-order chi connectivity index (χ1) is 13.3. The van der Waals surface area contributed by atoms with Gasteiger partial charge in [-0.25, -0.2) is 19.3 Å². The van der Waals surface area contributed by atoms with E-state index in [1.165, 1.54) is 26.5 Å². The van der Waals surface area contributed by atoms with Gasteiger partial charge in [-0.3, -0.25) is 0 Å². The molecule has 3 aromatic rings. The molecule has 0 bridgehead atoms. The first-order valence-electron chi connectivity index (χ1n) is 7.87. The highest BCUT2D eigenvalue weighted by atomic mass is 19.4. The number of rotatable bonds is 5. The van der Waals surface area contributed by atoms with Gasteiger partial charge in [-0.15, -0.1) is 0 Å². The van der Waals surface area contributed by atoms with Crippen LogP contribution in [0.2, 0.25) is 0 Å². The SMILES string of the molecule is COc1ccc(-c2nc(Nc3ncccc3C(F)(F)F)ncc2F)cc1OC. The number of hydrogen-bond donors (Lipinski definition) is 1. The van der Waals surface area contributed by atoms with Crippen LogP contribution in [0.3, 0.4) is 0 Å². The second kappa shape index (κ2) is 7.67. The Labute approximate surface area is 157 Å². The number of methoxy groups -OCH3 is 2. The van der Waals surface area contributed by atoms with Crippen molar-refractivity contribution in [2.24, 2.45) is 0 Å². The fourth-order valence-corrected chi connectivity index (χ4v) is 2.45. The van der Waals surface area contributed by atoms with Gasteiger partial charge in [0.2, 0.25) is 5.95 Å². The summed E-state index contributed by atoms with van der Waals surface area (Å²) in [4.78, 5) is 11.4. The number of hydrogen-bond acceptors (Lipinski definition) is 6. The molecule has 0 saturated carbocycles. The number of alkyl halides is 3. The lowest BCUT2D eigenvalue weighted by molar-refractivity contribution is -0.137. The van der Waals surface area contributed by atoms with Crippen LogP contribution in [-0.2, 0) is 6.18 Å². The molecule has 0 spiro atoms. The first-order valence-corrected chi connectivity index (χ1v) is 7.87. The minimum Gasteiger partial charge on any atom is -0.493 e. The van der Waals surface area contributed by atoms with E-state index in [1.807, 2.05) is 0 Å². The van der Waals surface area contributed by atoms with E-state index in [1.54, 1.807) is 12.1 Å². The molecule has 2 heterocycles. The van der Waals surface area contributed by atoms with Crippen LogP contribution in [0.15, 0.2) is 42.7 Å². The quantitative estimate of drug-likeness (QED) is 0.645. The standard InChI is InChI=1S/C18H14F4N4O2/c1-27-13-6-5-10(8-14(13)28-2)15-12(19)9-24-17(25-15)26-16-11(18(20,21)22)4-3-7-23-16/h3-9H,1-2H3,(H,23,24,25,26). The lowest BCUT2D eigenvalue weighted by Crippen LogP contribution is -2.11. The van der Waals surface area contributed by atoms with Crippen molar-refractivity contribution in [2.75, 3.05) is 19.5 Å². The molecule has 28 heavy (non-hydrogen) atoms. The van der Waals surface area contributed by atoms with Crippen LogP contribution in [0.25, 0.3) is 11.3 Å². The third-order valence-corrected chi connectivity index (χ3v) is 3.74. The van der Waals surface area contributed by atoms with E-state index < -0.39 is 23.4 Å². The summed E-state index contributed by atoms with van der Waals surface area (Å²) in [5, 5.41) is 2.39. The Bertz CT molecular complexity index is 996. The zero-order valence-electron chi connectivity index (χ0n) is 14.7. The molecule has 0 saturated heterocycles. The van der Waals surface area contributed by atoms with Crippen LogP contribution in [0.1, 0.15) is 5.56 Å². The molecule has 0 aliphatic carbocycles. The molecule has 146 valence electrons. The highest BCUT2D eigenvalue weighted by molar-refractivity contribution is 5.66. The fraction of sp³-hybridized carbons (Fsp3) is 0.167. The fourth-order valence-electron chi connectivity index (χ4n) is 2.45. The number of halogens is 4. The van der Waals surface area contributed by atoms with Gasteiger partial charge in [0.15, 0.2) is 17.3 Å². The van der Waals surface area contributed by atoms with Crippen LogP contribution in [0.5, 0.6) is 11.5 Å². The van der Waals surface area contributed by atoms with Crippen molar-refractivity contribution in [3.05, 3.63) is 54.1 Å². The number of aromatic nitrogens is 3. The predicted octanol–water partition coefficient (Wildman–Crippen LogP) is 4.46. The Morgan fingerprint density at radius 1 is 1.00 bits per heavy atom. The molecule has 0 radical (unpaired) electrons. The molecule has 0 fully saturated rings. The number of ether oxygens (including phenoxy) is 2. The zero-order chi connectivity index (χ0) is 20.3. The Morgan fingerprint density at radius 3 is 2.43 bits per heavy atom. The summed E-state index contributed by atoms with van der Waals surface area (Å²) in [5.74, 6) is -0.705. The van der Waals surface area contributed by atoms with Gasteiger partial charge >= 0.3 is 6.18 Å². The van der Waals surface area contributed by atoms with Gasteiger partial charge in [-0.1, -0.05) is 0 Å². The van der Waals surface area contributed by atoms with Crippen LogP contribution < -0.4 is 14.8 Å². The maximum Gasteiger partial charge on any atom is 0.419 e. The summed E-state index contributed by atoms with van der Waals surface area (Å²) in [6.07, 6.45) is -2.57. The largest absolute Gasteiger partial charge is 0.493 e. The molecule has 3 rings (SSSR count). The van der Waals surface area contributed by atoms with Crippen LogP contribution >= 0.6 is 0 Å². The van der Waals surface area contributed by atoms with Crippen LogP contribution in [0, 0.1) is 5.82 Å². The van der Waals surface area contributed by atoms with Crippen molar-refractivity contribution in [1.82, 2.24) is 15.0 Å². The van der Waals surface area contributed by atoms with Crippen molar-refractivity contribution in [1.29, 1.82) is 0 Å². The number of pyridine rings is 1. The van der Waals surface area contributed by atoms with Crippen molar-refractivity contribution in [2.45, 2.75) is 6.18 Å². The van der Waals surface area contributed by atoms with E-state index in [0.29, 0.717) is 17.1 Å². The van der Waals surface area contributed by atoms with Gasteiger partial charge in [-0.2, -0.15) is 13.2 Å².